The minimum absolute atomic E-state index is 0. The fourth-order valence-corrected chi connectivity index (χ4v) is 1.69. The number of hydrogen-bond acceptors (Lipinski definition) is 3. The second-order valence-electron chi connectivity index (χ2n) is 5.34. The zero-order chi connectivity index (χ0) is 16.4. The van der Waals surface area contributed by atoms with Gasteiger partial charge in [-0.1, -0.05) is 13.8 Å². The van der Waals surface area contributed by atoms with Gasteiger partial charge in [-0.3, -0.25) is 9.79 Å². The van der Waals surface area contributed by atoms with Crippen LogP contribution in [0.2, 0.25) is 0 Å². The number of nitrogens with zero attached hydrogens (tertiary/aromatic N) is 1. The Morgan fingerprint density at radius 3 is 2.30 bits per heavy atom. The van der Waals surface area contributed by atoms with Crippen LogP contribution in [0.15, 0.2) is 29.3 Å². The predicted molar refractivity (Wildman–Crippen MR) is 105 cm³/mol. The summed E-state index contributed by atoms with van der Waals surface area (Å²) in [6, 6.07) is 6.17. The summed E-state index contributed by atoms with van der Waals surface area (Å²) in [4.78, 5) is 16.3. The Balaban J connectivity index is 0.00000484. The molecule has 0 heterocycles. The molecular weight excluding hydrogens is 407 g/mol. The normalized spacial score (nSPS) is 10.9. The van der Waals surface area contributed by atoms with E-state index in [0.29, 0.717) is 24.6 Å². The van der Waals surface area contributed by atoms with Crippen LogP contribution in [0.1, 0.15) is 31.1 Å². The van der Waals surface area contributed by atoms with Crippen molar-refractivity contribution in [1.29, 1.82) is 0 Å². The molecule has 1 amide bonds. The van der Waals surface area contributed by atoms with E-state index in [1.807, 2.05) is 6.92 Å². The summed E-state index contributed by atoms with van der Waals surface area (Å²) in [5.41, 5.74) is 0.526. The van der Waals surface area contributed by atoms with Crippen LogP contribution in [-0.4, -0.2) is 43.2 Å². The van der Waals surface area contributed by atoms with Crippen LogP contribution in [0.5, 0.6) is 5.75 Å². The third kappa shape index (κ3) is 9.27. The van der Waals surface area contributed by atoms with Crippen molar-refractivity contribution in [2.24, 2.45) is 10.9 Å². The van der Waals surface area contributed by atoms with Gasteiger partial charge < -0.3 is 21.1 Å². The van der Waals surface area contributed by atoms with Gasteiger partial charge in [-0.15, -0.1) is 24.0 Å². The van der Waals surface area contributed by atoms with E-state index in [1.54, 1.807) is 12.1 Å². The van der Waals surface area contributed by atoms with Crippen molar-refractivity contribution in [3.8, 4) is 5.75 Å². The van der Waals surface area contributed by atoms with Crippen LogP contribution < -0.4 is 16.0 Å². The topological polar surface area (TPSA) is 85.8 Å². The average Bonchev–Trinajstić information content (AvgIpc) is 2.49. The molecule has 0 radical (unpaired) electrons. The predicted octanol–water partition coefficient (Wildman–Crippen LogP) is 1.95. The highest BCUT2D eigenvalue weighted by Crippen LogP contribution is 2.09. The van der Waals surface area contributed by atoms with E-state index in [0.717, 1.165) is 19.0 Å². The van der Waals surface area contributed by atoms with Crippen molar-refractivity contribution in [2.45, 2.75) is 20.8 Å². The van der Waals surface area contributed by atoms with Crippen LogP contribution in [-0.2, 0) is 0 Å². The summed E-state index contributed by atoms with van der Waals surface area (Å²) < 4.78 is 0. The molecule has 1 rings (SSSR count). The minimum Gasteiger partial charge on any atom is -0.508 e. The van der Waals surface area contributed by atoms with Crippen molar-refractivity contribution >= 4 is 35.8 Å². The third-order valence-electron chi connectivity index (χ3n) is 2.79. The number of carbonyl (C=O) groups is 1. The standard InChI is InChI=1S/C16H26N4O2.HI/c1-4-17-16(20-11-12(2)3)19-10-9-18-15(22)13-5-7-14(21)8-6-13;/h5-8,12,21H,4,9-11H2,1-3H3,(H,18,22)(H2,17,19,20);1H. The summed E-state index contributed by atoms with van der Waals surface area (Å²) in [5.74, 6) is 1.25. The van der Waals surface area contributed by atoms with Crippen molar-refractivity contribution in [2.75, 3.05) is 26.2 Å². The van der Waals surface area contributed by atoms with Crippen LogP contribution in [0.4, 0.5) is 0 Å². The van der Waals surface area contributed by atoms with E-state index in [4.69, 9.17) is 0 Å². The van der Waals surface area contributed by atoms with Crippen molar-refractivity contribution in [1.82, 2.24) is 16.0 Å². The monoisotopic (exact) mass is 434 g/mol. The number of benzene rings is 1. The van der Waals surface area contributed by atoms with Gasteiger partial charge in [-0.05, 0) is 37.1 Å². The van der Waals surface area contributed by atoms with Gasteiger partial charge in [-0.25, -0.2) is 0 Å². The van der Waals surface area contributed by atoms with E-state index >= 15 is 0 Å². The number of guanidine groups is 1. The lowest BCUT2D eigenvalue weighted by Crippen LogP contribution is -2.41. The highest BCUT2D eigenvalue weighted by Gasteiger charge is 2.04. The van der Waals surface area contributed by atoms with Gasteiger partial charge in [0.15, 0.2) is 5.96 Å². The fourth-order valence-electron chi connectivity index (χ4n) is 1.69. The van der Waals surface area contributed by atoms with Crippen LogP contribution >= 0.6 is 24.0 Å². The molecule has 0 aliphatic carbocycles. The Morgan fingerprint density at radius 2 is 1.74 bits per heavy atom. The van der Waals surface area contributed by atoms with Gasteiger partial charge >= 0.3 is 0 Å². The molecule has 0 spiro atoms. The van der Waals surface area contributed by atoms with Gasteiger partial charge in [0.2, 0.25) is 0 Å². The molecule has 0 fully saturated rings. The van der Waals surface area contributed by atoms with Gasteiger partial charge in [0.1, 0.15) is 5.75 Å². The first-order valence-electron chi connectivity index (χ1n) is 7.62. The minimum atomic E-state index is -0.161. The summed E-state index contributed by atoms with van der Waals surface area (Å²) in [5, 5.41) is 18.3. The lowest BCUT2D eigenvalue weighted by Gasteiger charge is -2.12. The molecule has 4 N–H and O–H groups in total. The molecule has 0 bridgehead atoms. The molecule has 1 aromatic rings. The Kier molecular flexibility index (Phi) is 11.2. The van der Waals surface area contributed by atoms with Crippen molar-refractivity contribution < 1.29 is 9.90 Å². The number of carbonyl (C=O) groups excluding carboxylic acids is 1. The summed E-state index contributed by atoms with van der Waals surface area (Å²) in [6.45, 7) is 8.88. The molecule has 7 heteroatoms. The Bertz CT molecular complexity index is 489. The summed E-state index contributed by atoms with van der Waals surface area (Å²) >= 11 is 0. The molecular formula is C16H27IN4O2. The molecule has 0 unspecified atom stereocenters. The Morgan fingerprint density at radius 1 is 1.13 bits per heavy atom. The number of halogens is 1. The van der Waals surface area contributed by atoms with E-state index in [1.165, 1.54) is 12.1 Å². The largest absolute Gasteiger partial charge is 0.508 e. The number of phenols is 1. The first kappa shape index (κ1) is 21.5. The SMILES string of the molecule is CCNC(=NCC(C)C)NCCNC(=O)c1ccc(O)cc1.I. The quantitative estimate of drug-likeness (QED) is 0.229. The number of hydrogen-bond donors (Lipinski definition) is 4. The van der Waals surface area contributed by atoms with Crippen LogP contribution in [0.25, 0.3) is 0 Å². The Labute approximate surface area is 155 Å². The second kappa shape index (κ2) is 12.0. The smallest absolute Gasteiger partial charge is 0.251 e. The molecule has 0 saturated carbocycles. The fraction of sp³-hybridized carbons (Fsp3) is 0.500. The number of nitrogens with one attached hydrogen (secondary N) is 3. The van der Waals surface area contributed by atoms with E-state index in [2.05, 4.69) is 34.8 Å². The Hall–Kier alpha value is -1.51. The lowest BCUT2D eigenvalue weighted by atomic mass is 10.2. The molecule has 6 nitrogen and oxygen atoms in total. The van der Waals surface area contributed by atoms with E-state index in [9.17, 15) is 9.90 Å². The van der Waals surface area contributed by atoms with Crippen LogP contribution in [0.3, 0.4) is 0 Å². The molecule has 0 aliphatic rings. The van der Waals surface area contributed by atoms with Crippen LogP contribution in [0, 0.1) is 5.92 Å². The van der Waals surface area contributed by atoms with Crippen molar-refractivity contribution in [3.63, 3.8) is 0 Å². The first-order chi connectivity index (χ1) is 10.5. The van der Waals surface area contributed by atoms with Gasteiger partial charge in [0.05, 0.1) is 0 Å². The highest BCUT2D eigenvalue weighted by atomic mass is 127. The van der Waals surface area contributed by atoms with Gasteiger partial charge in [-0.2, -0.15) is 0 Å². The molecule has 0 aromatic heterocycles. The van der Waals surface area contributed by atoms with E-state index in [-0.39, 0.29) is 35.6 Å². The number of phenolic OH excluding ortho intramolecular Hbond substituents is 1. The number of aromatic hydroxyl groups is 1. The molecule has 0 aliphatic heterocycles. The zero-order valence-electron chi connectivity index (χ0n) is 13.9. The average molecular weight is 434 g/mol. The molecule has 130 valence electrons. The number of rotatable bonds is 7. The summed E-state index contributed by atoms with van der Waals surface area (Å²) in [6.07, 6.45) is 0. The van der Waals surface area contributed by atoms with Crippen molar-refractivity contribution in [3.05, 3.63) is 29.8 Å². The molecule has 1 aromatic carbocycles. The second-order valence-corrected chi connectivity index (χ2v) is 5.34. The first-order valence-corrected chi connectivity index (χ1v) is 7.62. The summed E-state index contributed by atoms with van der Waals surface area (Å²) in [7, 11) is 0. The maximum absolute atomic E-state index is 11.9. The highest BCUT2D eigenvalue weighted by molar-refractivity contribution is 14.0. The van der Waals surface area contributed by atoms with Gasteiger partial charge in [0.25, 0.3) is 5.91 Å². The van der Waals surface area contributed by atoms with E-state index < -0.39 is 0 Å². The number of amides is 1. The maximum Gasteiger partial charge on any atom is 0.251 e. The molecule has 0 atom stereocenters. The third-order valence-corrected chi connectivity index (χ3v) is 2.79. The molecule has 23 heavy (non-hydrogen) atoms. The number of aliphatic imine (C=N–C) groups is 1. The maximum atomic E-state index is 11.9. The molecule has 0 saturated heterocycles. The van der Waals surface area contributed by atoms with Gasteiger partial charge in [0, 0.05) is 31.7 Å². The zero-order valence-corrected chi connectivity index (χ0v) is 16.3. The lowest BCUT2D eigenvalue weighted by molar-refractivity contribution is 0.0954.